The van der Waals surface area contributed by atoms with Crippen LogP contribution in [-0.2, 0) is 9.47 Å². The maximum atomic E-state index is 13.0. The van der Waals surface area contributed by atoms with Gasteiger partial charge in [-0.3, -0.25) is 0 Å². The molecule has 0 aromatic heterocycles. The van der Waals surface area contributed by atoms with Gasteiger partial charge in [-0.1, -0.05) is 23.2 Å². The Morgan fingerprint density at radius 2 is 2.06 bits per heavy atom. The lowest BCUT2D eigenvalue weighted by molar-refractivity contribution is -0.133. The average Bonchev–Trinajstić information content (AvgIpc) is 2.29. The van der Waals surface area contributed by atoms with E-state index in [1.807, 2.05) is 0 Å². The summed E-state index contributed by atoms with van der Waals surface area (Å²) in [7, 11) is 0. The largest absolute Gasteiger partial charge is 0.380 e. The third-order valence-corrected chi connectivity index (χ3v) is 3.08. The summed E-state index contributed by atoms with van der Waals surface area (Å²) in [6.07, 6.45) is 0.865. The van der Waals surface area contributed by atoms with Gasteiger partial charge in [-0.2, -0.15) is 0 Å². The summed E-state index contributed by atoms with van der Waals surface area (Å²) < 4.78 is 23.4. The first-order chi connectivity index (χ1) is 8.16. The van der Waals surface area contributed by atoms with E-state index < -0.39 is 5.82 Å². The van der Waals surface area contributed by atoms with Crippen LogP contribution in [0.2, 0.25) is 10.0 Å². The predicted molar refractivity (Wildman–Crippen MR) is 65.2 cm³/mol. The molecule has 1 aromatic carbocycles. The number of rotatable bonds is 3. The Morgan fingerprint density at radius 1 is 1.35 bits per heavy atom. The molecule has 1 saturated heterocycles. The first-order valence-electron chi connectivity index (χ1n) is 5.24. The van der Waals surface area contributed by atoms with E-state index in [2.05, 4.69) is 5.32 Å². The van der Waals surface area contributed by atoms with E-state index >= 15 is 0 Å². The van der Waals surface area contributed by atoms with Gasteiger partial charge in [0.25, 0.3) is 0 Å². The normalized spacial score (nSPS) is 20.3. The van der Waals surface area contributed by atoms with Crippen LogP contribution in [0.4, 0.5) is 10.1 Å². The summed E-state index contributed by atoms with van der Waals surface area (Å²) in [5.74, 6) is -0.451. The number of benzene rings is 1. The zero-order chi connectivity index (χ0) is 12.3. The smallest absolute Gasteiger partial charge is 0.147 e. The minimum absolute atomic E-state index is 0.0564. The fourth-order valence-electron chi connectivity index (χ4n) is 1.59. The molecule has 1 fully saturated rings. The third kappa shape index (κ3) is 3.45. The highest BCUT2D eigenvalue weighted by Gasteiger charge is 2.15. The number of nitrogens with one attached hydrogen (secondary N) is 1. The maximum Gasteiger partial charge on any atom is 0.147 e. The average molecular weight is 280 g/mol. The molecule has 1 aliphatic heterocycles. The van der Waals surface area contributed by atoms with Crippen LogP contribution in [0.25, 0.3) is 0 Å². The maximum absolute atomic E-state index is 13.0. The van der Waals surface area contributed by atoms with Crippen LogP contribution in [0.5, 0.6) is 0 Å². The highest BCUT2D eigenvalue weighted by molar-refractivity contribution is 6.39. The quantitative estimate of drug-likeness (QED) is 0.921. The van der Waals surface area contributed by atoms with Gasteiger partial charge in [0.05, 0.1) is 28.4 Å². The van der Waals surface area contributed by atoms with Crippen LogP contribution < -0.4 is 5.32 Å². The molecule has 0 amide bonds. The molecule has 17 heavy (non-hydrogen) atoms. The van der Waals surface area contributed by atoms with E-state index in [0.29, 0.717) is 25.6 Å². The first kappa shape index (κ1) is 12.9. The molecule has 3 nitrogen and oxygen atoms in total. The lowest BCUT2D eigenvalue weighted by Gasteiger charge is -2.23. The summed E-state index contributed by atoms with van der Waals surface area (Å²) in [4.78, 5) is 0. The van der Waals surface area contributed by atoms with Gasteiger partial charge in [-0.25, -0.2) is 4.39 Å². The van der Waals surface area contributed by atoms with Crippen molar-refractivity contribution in [3.63, 3.8) is 0 Å². The van der Waals surface area contributed by atoms with Gasteiger partial charge in [-0.15, -0.1) is 0 Å². The minimum Gasteiger partial charge on any atom is -0.380 e. The highest BCUT2D eigenvalue weighted by atomic mass is 35.5. The topological polar surface area (TPSA) is 30.5 Å². The molecule has 0 aliphatic carbocycles. The van der Waals surface area contributed by atoms with Gasteiger partial charge in [0, 0.05) is 6.54 Å². The monoisotopic (exact) mass is 279 g/mol. The number of anilines is 1. The molecule has 1 N–H and O–H groups in total. The van der Waals surface area contributed by atoms with E-state index in [1.54, 1.807) is 0 Å². The summed E-state index contributed by atoms with van der Waals surface area (Å²) in [6, 6.07) is 2.45. The second-order valence-electron chi connectivity index (χ2n) is 3.73. The standard InChI is InChI=1S/C11H12Cl2FNO2/c12-9-3-7(14)4-10(13)11(9)15-5-8-1-2-16-6-17-8/h3-4,8,15H,1-2,5-6H2. The van der Waals surface area contributed by atoms with Crippen LogP contribution >= 0.6 is 23.2 Å². The van der Waals surface area contributed by atoms with Gasteiger partial charge < -0.3 is 14.8 Å². The molecule has 0 radical (unpaired) electrons. The summed E-state index contributed by atoms with van der Waals surface area (Å²) in [5, 5.41) is 3.60. The van der Waals surface area contributed by atoms with Crippen molar-refractivity contribution in [1.82, 2.24) is 0 Å². The Kier molecular flexibility index (Phi) is 4.45. The lowest BCUT2D eigenvalue weighted by atomic mass is 10.2. The molecule has 1 heterocycles. The molecule has 2 rings (SSSR count). The van der Waals surface area contributed by atoms with Gasteiger partial charge in [0.1, 0.15) is 12.6 Å². The van der Waals surface area contributed by atoms with E-state index in [9.17, 15) is 4.39 Å². The van der Waals surface area contributed by atoms with E-state index in [-0.39, 0.29) is 16.1 Å². The molecule has 0 saturated carbocycles. The molecule has 0 spiro atoms. The van der Waals surface area contributed by atoms with E-state index in [0.717, 1.165) is 6.42 Å². The number of hydrogen-bond donors (Lipinski definition) is 1. The summed E-state index contributed by atoms with van der Waals surface area (Å²) in [5.41, 5.74) is 0.532. The summed E-state index contributed by atoms with van der Waals surface area (Å²) >= 11 is 11.8. The fraction of sp³-hybridized carbons (Fsp3) is 0.455. The molecule has 1 aliphatic rings. The van der Waals surface area contributed by atoms with Crippen molar-refractivity contribution in [2.45, 2.75) is 12.5 Å². The molecule has 1 unspecified atom stereocenters. The zero-order valence-corrected chi connectivity index (χ0v) is 10.5. The molecular weight excluding hydrogens is 268 g/mol. The van der Waals surface area contributed by atoms with Crippen LogP contribution in [0.1, 0.15) is 6.42 Å². The van der Waals surface area contributed by atoms with Crippen LogP contribution in [0.3, 0.4) is 0 Å². The van der Waals surface area contributed by atoms with Gasteiger partial charge in [0.15, 0.2) is 0 Å². The molecular formula is C11H12Cl2FNO2. The highest BCUT2D eigenvalue weighted by Crippen LogP contribution is 2.31. The molecule has 94 valence electrons. The number of hydrogen-bond acceptors (Lipinski definition) is 3. The van der Waals surface area contributed by atoms with E-state index in [1.165, 1.54) is 12.1 Å². The zero-order valence-electron chi connectivity index (χ0n) is 9.01. The SMILES string of the molecule is Fc1cc(Cl)c(NCC2CCOCO2)c(Cl)c1. The van der Waals surface area contributed by atoms with Gasteiger partial charge in [0.2, 0.25) is 0 Å². The lowest BCUT2D eigenvalue weighted by Crippen LogP contribution is -2.30. The predicted octanol–water partition coefficient (Wildman–Crippen LogP) is 3.31. The van der Waals surface area contributed by atoms with Crippen LogP contribution in [0, 0.1) is 5.82 Å². The second kappa shape index (κ2) is 5.87. The van der Waals surface area contributed by atoms with Gasteiger partial charge in [-0.05, 0) is 18.6 Å². The Labute approximate surface area is 109 Å². The molecule has 1 aromatic rings. The Bertz CT molecular complexity index is 374. The molecule has 6 heteroatoms. The summed E-state index contributed by atoms with van der Waals surface area (Å²) in [6.45, 7) is 1.54. The number of halogens is 3. The van der Waals surface area contributed by atoms with Crippen LogP contribution in [0.15, 0.2) is 12.1 Å². The fourth-order valence-corrected chi connectivity index (χ4v) is 2.18. The minimum atomic E-state index is -0.451. The Hall–Kier alpha value is -0.550. The van der Waals surface area contributed by atoms with E-state index in [4.69, 9.17) is 32.7 Å². The first-order valence-corrected chi connectivity index (χ1v) is 6.00. The van der Waals surface area contributed by atoms with Crippen molar-refractivity contribution < 1.29 is 13.9 Å². The number of ether oxygens (including phenoxy) is 2. The Balaban J connectivity index is 1.98. The Morgan fingerprint density at radius 3 is 2.65 bits per heavy atom. The van der Waals surface area contributed by atoms with Gasteiger partial charge >= 0.3 is 0 Å². The van der Waals surface area contributed by atoms with Crippen molar-refractivity contribution in [2.75, 3.05) is 25.3 Å². The van der Waals surface area contributed by atoms with Crippen LogP contribution in [-0.4, -0.2) is 26.0 Å². The van der Waals surface area contributed by atoms with Crippen molar-refractivity contribution in [2.24, 2.45) is 0 Å². The van der Waals surface area contributed by atoms with Crippen molar-refractivity contribution in [3.05, 3.63) is 28.0 Å². The van der Waals surface area contributed by atoms with Crippen molar-refractivity contribution in [3.8, 4) is 0 Å². The second-order valence-corrected chi connectivity index (χ2v) is 4.54. The molecule has 0 bridgehead atoms. The van der Waals surface area contributed by atoms with Crippen molar-refractivity contribution >= 4 is 28.9 Å². The third-order valence-electron chi connectivity index (χ3n) is 2.48. The molecule has 1 atom stereocenters. The van der Waals surface area contributed by atoms with Crippen molar-refractivity contribution in [1.29, 1.82) is 0 Å².